The lowest BCUT2D eigenvalue weighted by Crippen LogP contribution is -2.43. The molecule has 1 aliphatic heterocycles. The van der Waals surface area contributed by atoms with Gasteiger partial charge in [0.2, 0.25) is 11.8 Å². The Morgan fingerprint density at radius 3 is 2.69 bits per heavy atom. The van der Waals surface area contributed by atoms with Crippen molar-refractivity contribution in [2.75, 3.05) is 17.2 Å². The minimum Gasteiger partial charge on any atom is -0.315 e. The number of nitrogens with zero attached hydrogens (tertiary/aromatic N) is 4. The van der Waals surface area contributed by atoms with Crippen LogP contribution in [0.2, 0.25) is 0 Å². The maximum Gasteiger partial charge on any atom is 0.245 e. The maximum atomic E-state index is 12.7. The first-order valence-corrected chi connectivity index (χ1v) is 10.3. The number of hydrogen-bond acceptors (Lipinski definition) is 6. The number of nitriles is 1. The number of carbonyl (C=O) groups is 2. The summed E-state index contributed by atoms with van der Waals surface area (Å²) in [6.07, 6.45) is 2.32. The van der Waals surface area contributed by atoms with E-state index in [1.165, 1.54) is 24.5 Å². The largest absolute Gasteiger partial charge is 0.315 e. The molecule has 0 radical (unpaired) electrons. The van der Waals surface area contributed by atoms with E-state index in [0.717, 1.165) is 30.0 Å². The van der Waals surface area contributed by atoms with Crippen LogP contribution in [0.1, 0.15) is 49.5 Å². The number of carbonyl (C=O) groups excluding carboxylic acids is 2. The summed E-state index contributed by atoms with van der Waals surface area (Å²) in [5, 5.41) is 15.8. The molecular weight excluding hydrogens is 388 g/mol. The molecule has 0 saturated heterocycles. The monoisotopic (exact) mass is 414 g/mol. The lowest BCUT2D eigenvalue weighted by Gasteiger charge is -2.38. The van der Waals surface area contributed by atoms with E-state index in [4.69, 9.17) is 0 Å². The van der Waals surface area contributed by atoms with Gasteiger partial charge in [0.1, 0.15) is 29.3 Å². The molecule has 3 rings (SSSR count). The Morgan fingerprint density at radius 2 is 2.07 bits per heavy atom. The van der Waals surface area contributed by atoms with Crippen molar-refractivity contribution in [3.63, 3.8) is 0 Å². The van der Waals surface area contributed by atoms with Crippen molar-refractivity contribution in [1.29, 1.82) is 5.26 Å². The molecule has 0 aliphatic carbocycles. The lowest BCUT2D eigenvalue weighted by atomic mass is 9.98. The van der Waals surface area contributed by atoms with Crippen molar-refractivity contribution in [3.8, 4) is 6.07 Å². The Bertz CT molecular complexity index is 992. The van der Waals surface area contributed by atoms with Gasteiger partial charge in [0.05, 0.1) is 11.8 Å². The molecule has 3 heterocycles. The quantitative estimate of drug-likeness (QED) is 0.801. The van der Waals surface area contributed by atoms with Gasteiger partial charge in [-0.25, -0.2) is 4.98 Å². The summed E-state index contributed by atoms with van der Waals surface area (Å²) in [7, 11) is 0. The highest BCUT2D eigenvalue weighted by Gasteiger charge is 2.30. The van der Waals surface area contributed by atoms with Crippen LogP contribution in [-0.2, 0) is 29.1 Å². The number of fused-ring (bicyclic) bond motifs is 1. The molecule has 0 saturated carbocycles. The predicted molar refractivity (Wildman–Crippen MR) is 113 cm³/mol. The van der Waals surface area contributed by atoms with Gasteiger partial charge < -0.3 is 15.2 Å². The lowest BCUT2D eigenvalue weighted by molar-refractivity contribution is -0.117. The third kappa shape index (κ3) is 4.49. The van der Waals surface area contributed by atoms with E-state index in [2.05, 4.69) is 47.4 Å². The molecule has 9 heteroatoms. The minimum absolute atomic E-state index is 0.00297. The van der Waals surface area contributed by atoms with Gasteiger partial charge in [-0.15, -0.1) is 11.3 Å². The first kappa shape index (κ1) is 21.0. The average Bonchev–Trinajstić information content (AvgIpc) is 3.13. The number of aromatic nitrogens is 2. The first-order chi connectivity index (χ1) is 13.6. The summed E-state index contributed by atoms with van der Waals surface area (Å²) < 4.78 is 1.64. The van der Waals surface area contributed by atoms with Gasteiger partial charge in [0.25, 0.3) is 0 Å². The Kier molecular flexibility index (Phi) is 5.78. The third-order valence-corrected chi connectivity index (χ3v) is 6.16. The molecule has 1 aliphatic rings. The van der Waals surface area contributed by atoms with E-state index < -0.39 is 0 Å². The standard InChI is InChI=1S/C20H26N6O2S/c1-12-22-9-17(23-13(2)27)26(12)11-18(28)24-19-15(8-21)14-6-7-25(20(3,4)5)10-16(14)29-19/h9H,6-7,10-11H2,1-5H3,(H,23,27)(H,24,28). The number of anilines is 2. The zero-order chi connectivity index (χ0) is 21.3. The Hall–Kier alpha value is -2.70. The highest BCUT2D eigenvalue weighted by atomic mass is 32.1. The van der Waals surface area contributed by atoms with Crippen LogP contribution >= 0.6 is 11.3 Å². The van der Waals surface area contributed by atoms with Crippen LogP contribution in [-0.4, -0.2) is 38.3 Å². The van der Waals surface area contributed by atoms with Crippen molar-refractivity contribution < 1.29 is 9.59 Å². The molecule has 0 spiro atoms. The molecule has 0 unspecified atom stereocenters. The van der Waals surface area contributed by atoms with Crippen molar-refractivity contribution in [2.45, 2.75) is 59.7 Å². The summed E-state index contributed by atoms with van der Waals surface area (Å²) in [5.41, 5.74) is 1.67. The van der Waals surface area contributed by atoms with E-state index in [-0.39, 0.29) is 23.9 Å². The summed E-state index contributed by atoms with van der Waals surface area (Å²) in [6.45, 7) is 11.4. The van der Waals surface area contributed by atoms with E-state index in [1.807, 2.05) is 0 Å². The normalized spacial score (nSPS) is 14.2. The molecule has 0 aromatic carbocycles. The maximum absolute atomic E-state index is 12.7. The number of amides is 2. The summed E-state index contributed by atoms with van der Waals surface area (Å²) in [6, 6.07) is 2.27. The SMILES string of the molecule is CC(=O)Nc1cnc(C)n1CC(=O)Nc1sc2c(c1C#N)CCN(C(C)(C)C)C2. The van der Waals surface area contributed by atoms with Gasteiger partial charge in [-0.3, -0.25) is 14.5 Å². The number of rotatable bonds is 4. The second-order valence-corrected chi connectivity index (χ2v) is 9.27. The fourth-order valence-corrected chi connectivity index (χ4v) is 4.67. The second-order valence-electron chi connectivity index (χ2n) is 8.17. The Morgan fingerprint density at radius 1 is 1.34 bits per heavy atom. The molecule has 0 atom stereocenters. The molecule has 154 valence electrons. The molecule has 8 nitrogen and oxygen atoms in total. The summed E-state index contributed by atoms with van der Waals surface area (Å²) >= 11 is 1.48. The molecule has 2 aromatic rings. The van der Waals surface area contributed by atoms with Crippen LogP contribution in [0.4, 0.5) is 10.8 Å². The van der Waals surface area contributed by atoms with Gasteiger partial charge in [0, 0.05) is 30.4 Å². The van der Waals surface area contributed by atoms with Gasteiger partial charge >= 0.3 is 0 Å². The van der Waals surface area contributed by atoms with Gasteiger partial charge in [0.15, 0.2) is 0 Å². The van der Waals surface area contributed by atoms with Crippen LogP contribution < -0.4 is 10.6 Å². The van der Waals surface area contributed by atoms with Crippen LogP contribution in [0.25, 0.3) is 0 Å². The number of nitrogens with one attached hydrogen (secondary N) is 2. The Balaban J connectivity index is 1.79. The zero-order valence-electron chi connectivity index (χ0n) is 17.4. The van der Waals surface area contributed by atoms with E-state index >= 15 is 0 Å². The smallest absolute Gasteiger partial charge is 0.245 e. The zero-order valence-corrected chi connectivity index (χ0v) is 18.2. The molecule has 29 heavy (non-hydrogen) atoms. The fourth-order valence-electron chi connectivity index (χ4n) is 3.44. The molecule has 2 aromatic heterocycles. The Labute approximate surface area is 174 Å². The number of aryl methyl sites for hydroxylation is 1. The van der Waals surface area contributed by atoms with Crippen molar-refractivity contribution in [3.05, 3.63) is 28.0 Å². The topological polar surface area (TPSA) is 103 Å². The molecule has 0 fully saturated rings. The second kappa shape index (κ2) is 7.97. The van der Waals surface area contributed by atoms with Gasteiger partial charge in [-0.2, -0.15) is 5.26 Å². The molecular formula is C20H26N6O2S. The number of hydrogen-bond donors (Lipinski definition) is 2. The summed E-state index contributed by atoms with van der Waals surface area (Å²) in [4.78, 5) is 31.7. The molecule has 2 amide bonds. The van der Waals surface area contributed by atoms with Crippen molar-refractivity contribution >= 4 is 34.0 Å². The summed E-state index contributed by atoms with van der Waals surface area (Å²) in [5.74, 6) is 0.598. The van der Waals surface area contributed by atoms with Gasteiger partial charge in [-0.05, 0) is 39.7 Å². The highest BCUT2D eigenvalue weighted by molar-refractivity contribution is 7.16. The van der Waals surface area contributed by atoms with Crippen molar-refractivity contribution in [1.82, 2.24) is 14.5 Å². The molecule has 2 N–H and O–H groups in total. The predicted octanol–water partition coefficient (Wildman–Crippen LogP) is 2.88. The van der Waals surface area contributed by atoms with Crippen LogP contribution in [0.5, 0.6) is 0 Å². The van der Waals surface area contributed by atoms with Crippen LogP contribution in [0.3, 0.4) is 0 Å². The molecule has 0 bridgehead atoms. The van der Waals surface area contributed by atoms with Crippen LogP contribution in [0.15, 0.2) is 6.20 Å². The van der Waals surface area contributed by atoms with Crippen molar-refractivity contribution in [2.24, 2.45) is 0 Å². The first-order valence-electron chi connectivity index (χ1n) is 9.49. The highest BCUT2D eigenvalue weighted by Crippen LogP contribution is 2.38. The number of imidazole rings is 1. The van der Waals surface area contributed by atoms with E-state index in [1.54, 1.807) is 11.5 Å². The van der Waals surface area contributed by atoms with Gasteiger partial charge in [-0.1, -0.05) is 0 Å². The fraction of sp³-hybridized carbons (Fsp3) is 0.500. The van der Waals surface area contributed by atoms with E-state index in [0.29, 0.717) is 22.2 Å². The van der Waals surface area contributed by atoms with E-state index in [9.17, 15) is 14.9 Å². The third-order valence-electron chi connectivity index (χ3n) is 5.03. The average molecular weight is 415 g/mol. The number of thiophene rings is 1. The minimum atomic E-state index is -0.263. The van der Waals surface area contributed by atoms with Crippen LogP contribution in [0, 0.1) is 18.3 Å².